The van der Waals surface area contributed by atoms with Gasteiger partial charge in [0.15, 0.2) is 0 Å². The van der Waals surface area contributed by atoms with Crippen LogP contribution in [0.2, 0.25) is 0 Å². The third-order valence-corrected chi connectivity index (χ3v) is 5.75. The Morgan fingerprint density at radius 1 is 1.50 bits per heavy atom. The average Bonchev–Trinajstić information content (AvgIpc) is 3.23. The summed E-state index contributed by atoms with van der Waals surface area (Å²) in [6, 6.07) is 3.82. The molecule has 6 heteroatoms. The molecule has 4 rings (SSSR count). The molecule has 1 saturated heterocycles. The number of nitrogens with zero attached hydrogens (tertiary/aromatic N) is 2. The summed E-state index contributed by atoms with van der Waals surface area (Å²) in [5, 5.41) is 2.57. The predicted octanol–water partition coefficient (Wildman–Crippen LogP) is 4.04. The van der Waals surface area contributed by atoms with Crippen molar-refractivity contribution in [2.24, 2.45) is 5.92 Å². The molecule has 126 valence electrons. The van der Waals surface area contributed by atoms with Gasteiger partial charge in [0.1, 0.15) is 16.4 Å². The maximum absolute atomic E-state index is 12.7. The number of fused-ring (bicyclic) bond motifs is 1. The van der Waals surface area contributed by atoms with Crippen molar-refractivity contribution in [3.05, 3.63) is 40.0 Å². The number of likely N-dealkylation sites (tertiary alicyclic amines) is 1. The van der Waals surface area contributed by atoms with Crippen molar-refractivity contribution in [1.29, 1.82) is 0 Å². The Hall–Kier alpha value is -1.92. The van der Waals surface area contributed by atoms with Crippen molar-refractivity contribution < 1.29 is 4.42 Å². The van der Waals surface area contributed by atoms with E-state index in [4.69, 9.17) is 9.40 Å². The number of rotatable bonds is 3. The first-order chi connectivity index (χ1) is 11.6. The van der Waals surface area contributed by atoms with E-state index in [9.17, 15) is 4.79 Å². The molecule has 0 spiro atoms. The summed E-state index contributed by atoms with van der Waals surface area (Å²) < 4.78 is 5.44. The highest BCUT2D eigenvalue weighted by atomic mass is 32.1. The molecule has 3 aromatic rings. The van der Waals surface area contributed by atoms with E-state index in [0.29, 0.717) is 17.1 Å². The molecule has 5 nitrogen and oxygen atoms in total. The third-order valence-electron chi connectivity index (χ3n) is 4.88. The van der Waals surface area contributed by atoms with Crippen LogP contribution < -0.4 is 5.56 Å². The van der Waals surface area contributed by atoms with Crippen LogP contribution in [0.5, 0.6) is 0 Å². The lowest BCUT2D eigenvalue weighted by Crippen LogP contribution is -2.37. The Morgan fingerprint density at radius 2 is 2.38 bits per heavy atom. The summed E-state index contributed by atoms with van der Waals surface area (Å²) in [4.78, 5) is 23.6. The first kappa shape index (κ1) is 15.6. The van der Waals surface area contributed by atoms with Gasteiger partial charge in [0, 0.05) is 17.5 Å². The lowest BCUT2D eigenvalue weighted by Gasteiger charge is -2.34. The molecule has 24 heavy (non-hydrogen) atoms. The first-order valence-corrected chi connectivity index (χ1v) is 9.31. The monoisotopic (exact) mass is 343 g/mol. The molecule has 0 saturated carbocycles. The van der Waals surface area contributed by atoms with Crippen LogP contribution in [0, 0.1) is 5.92 Å². The predicted molar refractivity (Wildman–Crippen MR) is 96.3 cm³/mol. The minimum Gasteiger partial charge on any atom is -0.464 e. The highest BCUT2D eigenvalue weighted by Gasteiger charge is 2.24. The van der Waals surface area contributed by atoms with E-state index in [0.717, 1.165) is 29.3 Å². The molecule has 0 unspecified atom stereocenters. The fourth-order valence-electron chi connectivity index (χ4n) is 3.53. The fourth-order valence-corrected chi connectivity index (χ4v) is 4.46. The minimum atomic E-state index is -0.0837. The zero-order valence-electron chi connectivity index (χ0n) is 13.9. The highest BCUT2D eigenvalue weighted by Crippen LogP contribution is 2.32. The molecule has 0 aromatic carbocycles. The van der Waals surface area contributed by atoms with E-state index in [1.807, 2.05) is 17.5 Å². The second kappa shape index (κ2) is 6.18. The Balaban J connectivity index is 1.72. The second-order valence-electron chi connectivity index (χ2n) is 6.68. The Kier molecular flexibility index (Phi) is 4.02. The van der Waals surface area contributed by atoms with Crippen molar-refractivity contribution in [3.8, 4) is 11.3 Å². The number of aromatic nitrogens is 2. The van der Waals surface area contributed by atoms with Crippen molar-refractivity contribution >= 4 is 21.6 Å². The number of hydrogen-bond donors (Lipinski definition) is 1. The summed E-state index contributed by atoms with van der Waals surface area (Å²) in [5.74, 6) is 2.16. The normalized spacial score (nSPS) is 20.5. The molecule has 1 N–H and O–H groups in total. The maximum atomic E-state index is 12.7. The van der Waals surface area contributed by atoms with Crippen LogP contribution in [-0.2, 0) is 0 Å². The minimum absolute atomic E-state index is 0.0837. The van der Waals surface area contributed by atoms with Crippen molar-refractivity contribution in [2.75, 3.05) is 13.1 Å². The third kappa shape index (κ3) is 2.70. The first-order valence-electron chi connectivity index (χ1n) is 8.43. The molecule has 4 heterocycles. The SMILES string of the molecule is C[C@@H]1CCCN([C@H](C)c2nc3scc(-c4ccco4)c3c(=O)[nH]2)C1. The van der Waals surface area contributed by atoms with Crippen LogP contribution in [0.25, 0.3) is 21.5 Å². The molecule has 0 bridgehead atoms. The lowest BCUT2D eigenvalue weighted by molar-refractivity contribution is 0.134. The zero-order valence-corrected chi connectivity index (χ0v) is 14.7. The van der Waals surface area contributed by atoms with Crippen LogP contribution in [0.15, 0.2) is 33.0 Å². The van der Waals surface area contributed by atoms with Gasteiger partial charge in [0.25, 0.3) is 5.56 Å². The molecular weight excluding hydrogens is 322 g/mol. The number of nitrogens with one attached hydrogen (secondary N) is 1. The Labute approximate surface area is 144 Å². The van der Waals surface area contributed by atoms with Gasteiger partial charge in [-0.3, -0.25) is 9.69 Å². The standard InChI is InChI=1S/C18H21N3O2S/c1-11-5-3-7-21(9-11)12(2)16-19-17(22)15-13(10-24-18(15)20-16)14-6-4-8-23-14/h4,6,8,10-12H,3,5,7,9H2,1-2H3,(H,19,20,22)/t11-,12-/m1/s1. The van der Waals surface area contributed by atoms with Gasteiger partial charge in [0.2, 0.25) is 0 Å². The van der Waals surface area contributed by atoms with Crippen molar-refractivity contribution in [1.82, 2.24) is 14.9 Å². The molecular formula is C18H21N3O2S. The highest BCUT2D eigenvalue weighted by molar-refractivity contribution is 7.17. The van der Waals surface area contributed by atoms with E-state index in [2.05, 4.69) is 23.7 Å². The molecule has 0 aliphatic carbocycles. The summed E-state index contributed by atoms with van der Waals surface area (Å²) in [7, 11) is 0. The number of hydrogen-bond acceptors (Lipinski definition) is 5. The number of aromatic amines is 1. The van der Waals surface area contributed by atoms with Crippen LogP contribution in [0.4, 0.5) is 0 Å². The molecule has 0 radical (unpaired) electrons. The number of H-pyrrole nitrogens is 1. The number of piperidine rings is 1. The molecule has 3 aromatic heterocycles. The van der Waals surface area contributed by atoms with Crippen LogP contribution in [0.3, 0.4) is 0 Å². The number of furan rings is 1. The second-order valence-corrected chi connectivity index (χ2v) is 7.53. The summed E-state index contributed by atoms with van der Waals surface area (Å²) in [5.41, 5.74) is 0.735. The topological polar surface area (TPSA) is 62.1 Å². The Morgan fingerprint density at radius 3 is 3.12 bits per heavy atom. The van der Waals surface area contributed by atoms with Crippen LogP contribution in [0.1, 0.15) is 38.6 Å². The van der Waals surface area contributed by atoms with Gasteiger partial charge < -0.3 is 9.40 Å². The van der Waals surface area contributed by atoms with Gasteiger partial charge >= 0.3 is 0 Å². The number of thiophene rings is 1. The largest absolute Gasteiger partial charge is 0.464 e. The van der Waals surface area contributed by atoms with Gasteiger partial charge in [-0.2, -0.15) is 0 Å². The van der Waals surface area contributed by atoms with Crippen molar-refractivity contribution in [2.45, 2.75) is 32.7 Å². The average molecular weight is 343 g/mol. The smallest absolute Gasteiger partial charge is 0.260 e. The van der Waals surface area contributed by atoms with Gasteiger partial charge in [-0.25, -0.2) is 4.98 Å². The molecule has 1 fully saturated rings. The van der Waals surface area contributed by atoms with E-state index in [1.54, 1.807) is 6.26 Å². The van der Waals surface area contributed by atoms with E-state index in [-0.39, 0.29) is 11.6 Å². The zero-order chi connectivity index (χ0) is 16.7. The summed E-state index contributed by atoms with van der Waals surface area (Å²) in [6.07, 6.45) is 4.11. The summed E-state index contributed by atoms with van der Waals surface area (Å²) in [6.45, 7) is 6.54. The van der Waals surface area contributed by atoms with E-state index < -0.39 is 0 Å². The molecule has 0 amide bonds. The summed E-state index contributed by atoms with van der Waals surface area (Å²) >= 11 is 1.50. The van der Waals surface area contributed by atoms with Gasteiger partial charge in [-0.15, -0.1) is 11.3 Å². The molecule has 2 atom stereocenters. The van der Waals surface area contributed by atoms with Gasteiger partial charge in [-0.05, 0) is 44.4 Å². The quantitative estimate of drug-likeness (QED) is 0.780. The Bertz CT molecular complexity index is 897. The van der Waals surface area contributed by atoms with Crippen molar-refractivity contribution in [3.63, 3.8) is 0 Å². The molecule has 1 aliphatic rings. The fraction of sp³-hybridized carbons (Fsp3) is 0.444. The van der Waals surface area contributed by atoms with Crippen LogP contribution in [-0.4, -0.2) is 28.0 Å². The maximum Gasteiger partial charge on any atom is 0.260 e. The lowest BCUT2D eigenvalue weighted by atomic mass is 9.99. The van der Waals surface area contributed by atoms with Gasteiger partial charge in [0.05, 0.1) is 17.7 Å². The van der Waals surface area contributed by atoms with Gasteiger partial charge in [-0.1, -0.05) is 6.92 Å². The van der Waals surface area contributed by atoms with E-state index >= 15 is 0 Å². The van der Waals surface area contributed by atoms with Crippen LogP contribution >= 0.6 is 11.3 Å². The van der Waals surface area contributed by atoms with E-state index in [1.165, 1.54) is 24.2 Å². The molecule has 1 aliphatic heterocycles.